The minimum Gasteiger partial charge on any atom is -0.247 e. The molecule has 0 radical (unpaired) electrons. The maximum Gasteiger partial charge on any atom is 0.0934 e. The quantitative estimate of drug-likeness (QED) is 0.713. The van der Waals surface area contributed by atoms with Crippen LogP contribution in [0.15, 0.2) is 5.38 Å². The summed E-state index contributed by atoms with van der Waals surface area (Å²) in [6.07, 6.45) is 1.06. The van der Waals surface area contributed by atoms with E-state index in [9.17, 15) is 0 Å². The molecule has 1 rings (SSSR count). The molecule has 1 aromatic heterocycles. The maximum absolute atomic E-state index is 4.55. The first kappa shape index (κ1) is 13.7. The standard InChI is InChI=1S/C11H17Br2NS/c1-8(2)11(6-12,7-13)4-10-14-9(3)5-15-10/h5,8H,4,6-7H2,1-3H3. The molecule has 0 aliphatic carbocycles. The van der Waals surface area contributed by atoms with E-state index in [1.807, 2.05) is 0 Å². The van der Waals surface area contributed by atoms with Crippen LogP contribution >= 0.6 is 43.2 Å². The summed E-state index contributed by atoms with van der Waals surface area (Å²) in [6.45, 7) is 6.62. The van der Waals surface area contributed by atoms with Crippen LogP contribution in [0.3, 0.4) is 0 Å². The molecular weight excluding hydrogens is 338 g/mol. The molecule has 0 bridgehead atoms. The van der Waals surface area contributed by atoms with E-state index in [-0.39, 0.29) is 5.41 Å². The van der Waals surface area contributed by atoms with Crippen molar-refractivity contribution in [2.24, 2.45) is 11.3 Å². The van der Waals surface area contributed by atoms with E-state index in [0.717, 1.165) is 22.8 Å². The molecular formula is C11H17Br2NS. The van der Waals surface area contributed by atoms with Crippen LogP contribution in [-0.2, 0) is 6.42 Å². The van der Waals surface area contributed by atoms with Gasteiger partial charge in [0, 0.05) is 28.2 Å². The highest BCUT2D eigenvalue weighted by Gasteiger charge is 2.32. The van der Waals surface area contributed by atoms with E-state index in [2.05, 4.69) is 63.0 Å². The van der Waals surface area contributed by atoms with Crippen molar-refractivity contribution >= 4 is 43.2 Å². The lowest BCUT2D eigenvalue weighted by atomic mass is 9.78. The van der Waals surface area contributed by atoms with Crippen molar-refractivity contribution in [3.63, 3.8) is 0 Å². The first-order valence-electron chi connectivity index (χ1n) is 5.07. The Balaban J connectivity index is 2.83. The third-order valence-electron chi connectivity index (χ3n) is 2.93. The smallest absolute Gasteiger partial charge is 0.0934 e. The van der Waals surface area contributed by atoms with Gasteiger partial charge in [0.1, 0.15) is 0 Å². The van der Waals surface area contributed by atoms with Crippen LogP contribution in [0.1, 0.15) is 24.5 Å². The Hall–Kier alpha value is 0.590. The maximum atomic E-state index is 4.55. The van der Waals surface area contributed by atoms with E-state index in [0.29, 0.717) is 5.92 Å². The molecule has 0 aliphatic heterocycles. The first-order chi connectivity index (χ1) is 7.04. The van der Waals surface area contributed by atoms with Gasteiger partial charge in [-0.1, -0.05) is 45.7 Å². The Morgan fingerprint density at radius 3 is 2.33 bits per heavy atom. The van der Waals surface area contributed by atoms with Gasteiger partial charge in [0.2, 0.25) is 0 Å². The lowest BCUT2D eigenvalue weighted by molar-refractivity contribution is 0.267. The van der Waals surface area contributed by atoms with Gasteiger partial charge in [-0.2, -0.15) is 0 Å². The van der Waals surface area contributed by atoms with Gasteiger partial charge in [-0.05, 0) is 18.3 Å². The zero-order chi connectivity index (χ0) is 11.5. The number of hydrogen-bond donors (Lipinski definition) is 0. The number of halogens is 2. The number of aryl methyl sites for hydroxylation is 1. The molecule has 0 atom stereocenters. The van der Waals surface area contributed by atoms with Crippen LogP contribution in [0.2, 0.25) is 0 Å². The van der Waals surface area contributed by atoms with Crippen molar-refractivity contribution in [1.29, 1.82) is 0 Å². The summed E-state index contributed by atoms with van der Waals surface area (Å²) < 4.78 is 0. The summed E-state index contributed by atoms with van der Waals surface area (Å²) in [5, 5.41) is 5.41. The van der Waals surface area contributed by atoms with Crippen molar-refractivity contribution in [2.75, 3.05) is 10.7 Å². The molecule has 1 heterocycles. The molecule has 0 unspecified atom stereocenters. The highest BCUT2D eigenvalue weighted by Crippen LogP contribution is 2.36. The molecule has 1 nitrogen and oxygen atoms in total. The molecule has 86 valence electrons. The fourth-order valence-corrected chi connectivity index (χ4v) is 4.97. The Morgan fingerprint density at radius 2 is 2.00 bits per heavy atom. The number of alkyl halides is 2. The van der Waals surface area contributed by atoms with Gasteiger partial charge in [-0.25, -0.2) is 4.98 Å². The number of rotatable bonds is 5. The normalized spacial score (nSPS) is 12.4. The van der Waals surface area contributed by atoms with Gasteiger partial charge in [-0.15, -0.1) is 11.3 Å². The zero-order valence-corrected chi connectivity index (χ0v) is 13.4. The van der Waals surface area contributed by atoms with Gasteiger partial charge >= 0.3 is 0 Å². The van der Waals surface area contributed by atoms with Crippen molar-refractivity contribution in [1.82, 2.24) is 4.98 Å². The zero-order valence-electron chi connectivity index (χ0n) is 9.39. The number of nitrogens with zero attached hydrogens (tertiary/aromatic N) is 1. The van der Waals surface area contributed by atoms with Crippen molar-refractivity contribution < 1.29 is 0 Å². The molecule has 0 saturated carbocycles. The monoisotopic (exact) mass is 353 g/mol. The molecule has 15 heavy (non-hydrogen) atoms. The van der Waals surface area contributed by atoms with E-state index in [1.54, 1.807) is 11.3 Å². The SMILES string of the molecule is Cc1csc(CC(CBr)(CBr)C(C)C)n1. The lowest BCUT2D eigenvalue weighted by Gasteiger charge is -2.33. The highest BCUT2D eigenvalue weighted by molar-refractivity contribution is 9.09. The van der Waals surface area contributed by atoms with Gasteiger partial charge in [0.25, 0.3) is 0 Å². The molecule has 0 saturated heterocycles. The highest BCUT2D eigenvalue weighted by atomic mass is 79.9. The van der Waals surface area contributed by atoms with Gasteiger partial charge < -0.3 is 0 Å². The fraction of sp³-hybridized carbons (Fsp3) is 0.727. The molecule has 4 heteroatoms. The Labute approximate surface area is 113 Å². The second-order valence-corrected chi connectivity index (χ2v) is 6.41. The fourth-order valence-electron chi connectivity index (χ4n) is 1.43. The van der Waals surface area contributed by atoms with E-state index in [4.69, 9.17) is 0 Å². The van der Waals surface area contributed by atoms with E-state index < -0.39 is 0 Å². The van der Waals surface area contributed by atoms with E-state index >= 15 is 0 Å². The number of thiazole rings is 1. The van der Waals surface area contributed by atoms with Crippen LogP contribution in [0.5, 0.6) is 0 Å². The van der Waals surface area contributed by atoms with E-state index in [1.165, 1.54) is 5.01 Å². The minimum atomic E-state index is 0.282. The molecule has 0 aromatic carbocycles. The second kappa shape index (κ2) is 5.78. The molecule has 0 amide bonds. The summed E-state index contributed by atoms with van der Waals surface area (Å²) in [7, 11) is 0. The minimum absolute atomic E-state index is 0.282. The molecule has 1 aromatic rings. The Kier molecular flexibility index (Phi) is 5.26. The van der Waals surface area contributed by atoms with Crippen LogP contribution < -0.4 is 0 Å². The van der Waals surface area contributed by atoms with Crippen LogP contribution in [0.25, 0.3) is 0 Å². The largest absolute Gasteiger partial charge is 0.247 e. The van der Waals surface area contributed by atoms with Crippen LogP contribution in [-0.4, -0.2) is 15.6 Å². The number of hydrogen-bond acceptors (Lipinski definition) is 2. The third kappa shape index (κ3) is 3.27. The van der Waals surface area contributed by atoms with Crippen molar-refractivity contribution in [3.05, 3.63) is 16.1 Å². The second-order valence-electron chi connectivity index (χ2n) is 4.34. The summed E-state index contributed by atoms with van der Waals surface area (Å²) >= 11 is 9.06. The first-order valence-corrected chi connectivity index (χ1v) is 8.19. The van der Waals surface area contributed by atoms with Crippen molar-refractivity contribution in [3.8, 4) is 0 Å². The van der Waals surface area contributed by atoms with Gasteiger partial charge in [0.05, 0.1) is 5.01 Å². The van der Waals surface area contributed by atoms with Gasteiger partial charge in [0.15, 0.2) is 0 Å². The predicted octanol–water partition coefficient (Wildman–Crippen LogP) is 4.43. The summed E-state index contributed by atoms with van der Waals surface area (Å²) in [5.41, 5.74) is 1.42. The predicted molar refractivity (Wildman–Crippen MR) is 75.4 cm³/mol. The summed E-state index contributed by atoms with van der Waals surface area (Å²) in [6, 6.07) is 0. The molecule has 0 aliphatic rings. The topological polar surface area (TPSA) is 12.9 Å². The average molecular weight is 355 g/mol. The van der Waals surface area contributed by atoms with Crippen LogP contribution in [0, 0.1) is 18.3 Å². The lowest BCUT2D eigenvalue weighted by Crippen LogP contribution is -2.33. The number of aromatic nitrogens is 1. The van der Waals surface area contributed by atoms with Gasteiger partial charge in [-0.3, -0.25) is 0 Å². The third-order valence-corrected chi connectivity index (χ3v) is 6.13. The average Bonchev–Trinajstić information content (AvgIpc) is 2.60. The molecule has 0 fully saturated rings. The van der Waals surface area contributed by atoms with Crippen molar-refractivity contribution in [2.45, 2.75) is 27.2 Å². The molecule has 0 spiro atoms. The Bertz CT molecular complexity index is 305. The van der Waals surface area contributed by atoms with Crippen LogP contribution in [0.4, 0.5) is 0 Å². The summed E-state index contributed by atoms with van der Waals surface area (Å²) in [4.78, 5) is 4.55. The molecule has 0 N–H and O–H groups in total. The summed E-state index contributed by atoms with van der Waals surface area (Å²) in [5.74, 6) is 0.639. The Morgan fingerprint density at radius 1 is 1.40 bits per heavy atom.